The Morgan fingerprint density at radius 3 is 2.10 bits per heavy atom. The first-order chi connectivity index (χ1) is 31.9. The summed E-state index contributed by atoms with van der Waals surface area (Å²) in [6, 6.07) is 15.3. The summed E-state index contributed by atoms with van der Waals surface area (Å²) < 4.78 is 47.1. The molecule has 1 N–H and O–H groups in total. The van der Waals surface area contributed by atoms with Gasteiger partial charge < -0.3 is 37.9 Å². The van der Waals surface area contributed by atoms with E-state index in [9.17, 15) is 14.4 Å². The number of benzene rings is 4. The molecule has 3 heterocycles. The molecule has 0 bridgehead atoms. The largest absolute Gasteiger partial charge is 0.472 e. The molecule has 0 radical (unpaired) electrons. The van der Waals surface area contributed by atoms with Crippen LogP contribution in [0.2, 0.25) is 36.3 Å². The molecule has 17 heteroatoms. The maximum Gasteiger partial charge on any atom is 0.303 e. The van der Waals surface area contributed by atoms with Gasteiger partial charge in [-0.05, 0) is 80.2 Å². The van der Waals surface area contributed by atoms with Crippen LogP contribution in [0.1, 0.15) is 98.2 Å². The van der Waals surface area contributed by atoms with Crippen LogP contribution in [0.3, 0.4) is 0 Å². The van der Waals surface area contributed by atoms with Crippen molar-refractivity contribution in [2.75, 3.05) is 18.5 Å². The van der Waals surface area contributed by atoms with Crippen molar-refractivity contribution < 1.29 is 46.9 Å². The number of hydrogen-bond acceptors (Lipinski definition) is 14. The summed E-state index contributed by atoms with van der Waals surface area (Å²) in [5, 5.41) is 9.24. The number of anilines is 1. The Bertz CT molecular complexity index is 2890. The van der Waals surface area contributed by atoms with Crippen molar-refractivity contribution in [2.45, 2.75) is 148 Å². The number of fused-ring (bicyclic) bond motifs is 3. The number of hydrogen-bond donors (Lipinski definition) is 1. The number of ether oxygens (including phenoxy) is 5. The number of aromatic nitrogens is 4. The molecule has 15 nitrogen and oxygen atoms in total. The van der Waals surface area contributed by atoms with E-state index in [1.807, 2.05) is 34.9 Å². The molecule has 2 aromatic heterocycles. The highest BCUT2D eigenvalue weighted by atomic mass is 28.4. The van der Waals surface area contributed by atoms with Crippen LogP contribution >= 0.6 is 0 Å². The zero-order valence-electron chi connectivity index (χ0n) is 41.5. The number of carbonyl (C=O) groups is 3. The molecule has 2 aliphatic rings. The molecule has 1 aliphatic heterocycles. The summed E-state index contributed by atoms with van der Waals surface area (Å²) in [7, 11) is -4.44. The van der Waals surface area contributed by atoms with Gasteiger partial charge in [0.1, 0.15) is 18.9 Å². The van der Waals surface area contributed by atoms with Crippen LogP contribution in [0, 0.1) is 0 Å². The van der Waals surface area contributed by atoms with Crippen molar-refractivity contribution >= 4 is 84.0 Å². The third-order valence-electron chi connectivity index (χ3n) is 14.4. The van der Waals surface area contributed by atoms with Gasteiger partial charge in [-0.15, -0.1) is 0 Å². The van der Waals surface area contributed by atoms with Crippen molar-refractivity contribution in [1.29, 1.82) is 0 Å². The minimum absolute atomic E-state index is 0.00572. The third kappa shape index (κ3) is 9.22. The van der Waals surface area contributed by atoms with Gasteiger partial charge in [0, 0.05) is 32.8 Å². The van der Waals surface area contributed by atoms with Gasteiger partial charge in [-0.2, -0.15) is 9.97 Å². The van der Waals surface area contributed by atoms with Crippen molar-refractivity contribution in [3.8, 4) is 5.88 Å². The average molecular weight is 964 g/mol. The lowest BCUT2D eigenvalue weighted by Gasteiger charge is -2.43. The fourth-order valence-electron chi connectivity index (χ4n) is 9.00. The van der Waals surface area contributed by atoms with E-state index in [1.165, 1.54) is 20.8 Å². The molecule has 0 amide bonds. The second-order valence-electron chi connectivity index (χ2n) is 21.2. The molecule has 0 saturated carbocycles. The summed E-state index contributed by atoms with van der Waals surface area (Å²) in [6.45, 7) is 30.5. The minimum atomic E-state index is -2.28. The van der Waals surface area contributed by atoms with Crippen molar-refractivity contribution in [3.05, 3.63) is 78.6 Å². The zero-order chi connectivity index (χ0) is 49.2. The number of nitrogens with zero attached hydrogens (tertiary/aromatic N) is 4. The summed E-state index contributed by atoms with van der Waals surface area (Å²) in [5.74, 6) is -1.65. The van der Waals surface area contributed by atoms with E-state index >= 15 is 0 Å². The molecule has 68 heavy (non-hydrogen) atoms. The Morgan fingerprint density at radius 2 is 1.47 bits per heavy atom. The molecular formula is C51H65N5O10Si2. The normalized spacial score (nSPS) is 22.4. The molecule has 1 fully saturated rings. The Morgan fingerprint density at radius 1 is 0.838 bits per heavy atom. The van der Waals surface area contributed by atoms with Crippen LogP contribution in [0.4, 0.5) is 5.95 Å². The van der Waals surface area contributed by atoms with Crippen LogP contribution < -0.4 is 10.1 Å². The number of carbonyl (C=O) groups excluding carboxylic acids is 3. The van der Waals surface area contributed by atoms with Crippen molar-refractivity contribution in [3.63, 3.8) is 0 Å². The summed E-state index contributed by atoms with van der Waals surface area (Å²) in [6.07, 6.45) is -1.09. The molecule has 1 aliphatic carbocycles. The lowest BCUT2D eigenvalue weighted by molar-refractivity contribution is -0.187. The Kier molecular flexibility index (Phi) is 13.1. The van der Waals surface area contributed by atoms with Gasteiger partial charge in [-0.25, -0.2) is 4.98 Å². The van der Waals surface area contributed by atoms with Gasteiger partial charge >= 0.3 is 17.9 Å². The SMILES string of the molecule is C=CCOc1nc(N[C@@H]2c3c(cc4ccc5cccc6ccc3c4c56)[C@H](OC(C)=O)[C@@H](OC(C)=O)[C@@H]2OC(C)=O)nc2c1ncn2[C@H]1C[C@H](O[Si](C)(C)C(C)(C)C)[C@@H](CO[Si](C)(C)C(C)(C)C)O1. The van der Waals surface area contributed by atoms with Crippen LogP contribution in [-0.2, 0) is 42.2 Å². The quantitative estimate of drug-likeness (QED) is 0.0359. The maximum atomic E-state index is 13.2. The number of imidazole rings is 1. The van der Waals surface area contributed by atoms with Crippen LogP contribution in [0.15, 0.2) is 67.5 Å². The molecule has 4 aromatic carbocycles. The Balaban J connectivity index is 1.29. The minimum Gasteiger partial charge on any atom is -0.472 e. The molecule has 0 spiro atoms. The first-order valence-corrected chi connectivity index (χ1v) is 29.1. The fraction of sp³-hybridized carbons (Fsp3) is 0.490. The summed E-state index contributed by atoms with van der Waals surface area (Å²) >= 11 is 0. The molecular weight excluding hydrogens is 899 g/mol. The average Bonchev–Trinajstić information content (AvgIpc) is 3.85. The van der Waals surface area contributed by atoms with E-state index in [0.717, 1.165) is 32.3 Å². The van der Waals surface area contributed by atoms with E-state index in [0.29, 0.717) is 35.3 Å². The van der Waals surface area contributed by atoms with Gasteiger partial charge in [-0.3, -0.25) is 19.0 Å². The van der Waals surface area contributed by atoms with Crippen molar-refractivity contribution in [1.82, 2.24) is 19.5 Å². The van der Waals surface area contributed by atoms with E-state index < -0.39 is 65.1 Å². The molecule has 7 atom stereocenters. The second-order valence-corrected chi connectivity index (χ2v) is 30.7. The third-order valence-corrected chi connectivity index (χ3v) is 23.4. The summed E-state index contributed by atoms with van der Waals surface area (Å²) in [4.78, 5) is 53.8. The topological polar surface area (TPSA) is 171 Å². The van der Waals surface area contributed by atoms with Gasteiger partial charge in [0.05, 0.1) is 25.1 Å². The summed E-state index contributed by atoms with van der Waals surface area (Å²) in [5.41, 5.74) is 2.01. The predicted octanol–water partition coefficient (Wildman–Crippen LogP) is 10.6. The predicted molar refractivity (Wildman–Crippen MR) is 267 cm³/mol. The zero-order valence-corrected chi connectivity index (χ0v) is 43.5. The highest BCUT2D eigenvalue weighted by Crippen LogP contribution is 2.50. The Hall–Kier alpha value is -5.47. The molecule has 1 saturated heterocycles. The maximum absolute atomic E-state index is 13.2. The van der Waals surface area contributed by atoms with Crippen molar-refractivity contribution in [2.24, 2.45) is 0 Å². The first kappa shape index (κ1) is 49.0. The van der Waals surface area contributed by atoms with Crippen LogP contribution in [0.25, 0.3) is 43.5 Å². The molecule has 6 aromatic rings. The highest BCUT2D eigenvalue weighted by molar-refractivity contribution is 6.74. The highest BCUT2D eigenvalue weighted by Gasteiger charge is 2.51. The first-order valence-electron chi connectivity index (χ1n) is 23.3. The van der Waals surface area contributed by atoms with Crippen LogP contribution in [0.5, 0.6) is 5.88 Å². The molecule has 362 valence electrons. The van der Waals surface area contributed by atoms with Gasteiger partial charge in [0.2, 0.25) is 11.8 Å². The number of rotatable bonds is 14. The van der Waals surface area contributed by atoms with Crippen LogP contribution in [-0.4, -0.2) is 91.7 Å². The van der Waals surface area contributed by atoms with E-state index in [1.54, 1.807) is 12.4 Å². The fourth-order valence-corrected chi connectivity index (χ4v) is 11.4. The Labute approximate surface area is 399 Å². The van der Waals surface area contributed by atoms with E-state index in [-0.39, 0.29) is 40.7 Å². The lowest BCUT2D eigenvalue weighted by Crippen LogP contribution is -2.50. The molecule has 0 unspecified atom stereocenters. The monoisotopic (exact) mass is 963 g/mol. The van der Waals surface area contributed by atoms with Gasteiger partial charge in [0.15, 0.2) is 46.1 Å². The van der Waals surface area contributed by atoms with Gasteiger partial charge in [-0.1, -0.05) is 96.7 Å². The number of esters is 3. The second kappa shape index (κ2) is 18.1. The van der Waals surface area contributed by atoms with E-state index in [2.05, 4.69) is 97.8 Å². The number of nitrogens with one attached hydrogen (secondary N) is 1. The van der Waals surface area contributed by atoms with E-state index in [4.69, 9.17) is 47.5 Å². The van der Waals surface area contributed by atoms with Gasteiger partial charge in [0.25, 0.3) is 0 Å². The standard InChI is InChI=1S/C51H65N5O10Si2/c1-15-23-60-48-43-47(56(27-52-43)38-25-36(66-68(13,14)51(8,9)10)37(65-38)26-61-67(11,12)50(5,6)7)54-49(55-48)53-42-41-34-22-21-32-18-16-17-31-19-20-33(40(34)39(31)32)24-35(41)44(62-28(2)57)46(64-30(4)59)45(42)63-29(3)58/h15-22,24,27,36-38,42,44-46H,1,23,25-26H2,2-14H3,(H,53,54,55)/t36-,37+,38+,42+,44-,45+,46+/m0/s1. The lowest BCUT2D eigenvalue weighted by atomic mass is 9.77. The smallest absolute Gasteiger partial charge is 0.303 e. The molecule has 8 rings (SSSR count).